The van der Waals surface area contributed by atoms with Crippen molar-refractivity contribution in [1.82, 2.24) is 8.61 Å². The molecule has 0 radical (unpaired) electrons. The molecule has 1 aliphatic rings. The standard InChI is InChI=1S/C22H26N2O12S4/c1-11-13(17(25)33-3)21(37-15(11)19(27)35-5)39(29,30)23-7-9-24(10-8-23)40(31,32)22-14(18(26)34-4)12(2)16(38-22)20(28)36-6/h7-10H2,1-6H3. The van der Waals surface area contributed by atoms with E-state index in [1.54, 1.807) is 0 Å². The lowest BCUT2D eigenvalue weighted by Crippen LogP contribution is -2.50. The third-order valence-corrected chi connectivity index (χ3v) is 13.4. The molecule has 14 nitrogen and oxygen atoms in total. The molecular weight excluding hydrogens is 613 g/mol. The van der Waals surface area contributed by atoms with E-state index in [1.807, 2.05) is 0 Å². The minimum absolute atomic E-state index is 0.0771. The van der Waals surface area contributed by atoms with Gasteiger partial charge in [0.05, 0.1) is 39.6 Å². The van der Waals surface area contributed by atoms with Gasteiger partial charge in [0.25, 0.3) is 20.0 Å². The summed E-state index contributed by atoms with van der Waals surface area (Å²) in [5, 5.41) is 0. The average molecular weight is 639 g/mol. The fraction of sp³-hybridized carbons (Fsp3) is 0.455. The normalized spacial score (nSPS) is 14.9. The van der Waals surface area contributed by atoms with Crippen molar-refractivity contribution in [3.63, 3.8) is 0 Å². The largest absolute Gasteiger partial charge is 0.465 e. The molecule has 1 aliphatic heterocycles. The molecule has 1 fully saturated rings. The Balaban J connectivity index is 1.97. The van der Waals surface area contributed by atoms with Gasteiger partial charge >= 0.3 is 23.9 Å². The SMILES string of the molecule is COC(=O)c1sc(S(=O)(=O)N2CCN(S(=O)(=O)c3sc(C(=O)OC)c(C)c3C(=O)OC)CC2)c(C(=O)OC)c1C. The highest BCUT2D eigenvalue weighted by Crippen LogP contribution is 2.37. The molecule has 0 unspecified atom stereocenters. The smallest absolute Gasteiger partial charge is 0.348 e. The zero-order valence-corrected chi connectivity index (χ0v) is 25.5. The van der Waals surface area contributed by atoms with Crippen LogP contribution in [0.5, 0.6) is 0 Å². The summed E-state index contributed by atoms with van der Waals surface area (Å²) in [6, 6.07) is 0. The number of sulfonamides is 2. The summed E-state index contributed by atoms with van der Waals surface area (Å²) in [4.78, 5) is 49.1. The molecule has 0 saturated carbocycles. The monoisotopic (exact) mass is 638 g/mol. The predicted octanol–water partition coefficient (Wildman–Crippen LogP) is 1.27. The van der Waals surface area contributed by atoms with E-state index in [0.717, 1.165) is 37.0 Å². The third-order valence-electron chi connectivity index (χ3n) is 6.10. The van der Waals surface area contributed by atoms with E-state index in [9.17, 15) is 36.0 Å². The summed E-state index contributed by atoms with van der Waals surface area (Å²) in [7, 11) is -4.40. The Bertz CT molecular complexity index is 1460. The van der Waals surface area contributed by atoms with Gasteiger partial charge < -0.3 is 18.9 Å². The number of hydrogen-bond acceptors (Lipinski definition) is 14. The Morgan fingerprint density at radius 1 is 0.575 bits per heavy atom. The molecule has 1 saturated heterocycles. The fourth-order valence-electron chi connectivity index (χ4n) is 3.97. The second-order valence-corrected chi connectivity index (χ2v) is 14.5. The van der Waals surface area contributed by atoms with Crippen molar-refractivity contribution in [2.45, 2.75) is 22.3 Å². The van der Waals surface area contributed by atoms with Crippen molar-refractivity contribution in [2.75, 3.05) is 54.6 Å². The highest BCUT2D eigenvalue weighted by Gasteiger charge is 2.41. The lowest BCUT2D eigenvalue weighted by atomic mass is 10.2. The molecule has 0 amide bonds. The highest BCUT2D eigenvalue weighted by atomic mass is 32.3. The molecule has 220 valence electrons. The van der Waals surface area contributed by atoms with Crippen molar-refractivity contribution in [1.29, 1.82) is 0 Å². The van der Waals surface area contributed by atoms with Crippen LogP contribution in [0, 0.1) is 13.8 Å². The zero-order chi connectivity index (χ0) is 30.2. The summed E-state index contributed by atoms with van der Waals surface area (Å²) in [6.45, 7) is 1.54. The van der Waals surface area contributed by atoms with Crippen LogP contribution in [0.3, 0.4) is 0 Å². The number of nitrogens with zero attached hydrogens (tertiary/aromatic N) is 2. The number of rotatable bonds is 8. The Kier molecular flexibility index (Phi) is 9.42. The van der Waals surface area contributed by atoms with E-state index in [0.29, 0.717) is 22.7 Å². The number of carbonyl (C=O) groups excluding carboxylic acids is 4. The fourth-order valence-corrected chi connectivity index (χ4v) is 10.6. The number of methoxy groups -OCH3 is 4. The first kappa shape index (κ1) is 31.6. The van der Waals surface area contributed by atoms with Gasteiger partial charge in [-0.05, 0) is 25.0 Å². The van der Waals surface area contributed by atoms with Crippen LogP contribution < -0.4 is 0 Å². The molecule has 0 atom stereocenters. The van der Waals surface area contributed by atoms with Crippen molar-refractivity contribution < 1.29 is 55.0 Å². The highest BCUT2D eigenvalue weighted by molar-refractivity contribution is 7.92. The summed E-state index contributed by atoms with van der Waals surface area (Å²) >= 11 is 1.11. The number of thiophene rings is 2. The topological polar surface area (TPSA) is 180 Å². The molecule has 0 N–H and O–H groups in total. The molecular formula is C22H26N2O12S4. The van der Waals surface area contributed by atoms with Gasteiger partial charge in [-0.25, -0.2) is 36.0 Å². The summed E-state index contributed by atoms with van der Waals surface area (Å²) in [5.74, 6) is -3.59. The van der Waals surface area contributed by atoms with Gasteiger partial charge in [0.15, 0.2) is 8.42 Å². The van der Waals surface area contributed by atoms with Crippen LogP contribution in [-0.2, 0) is 39.0 Å². The maximum atomic E-state index is 13.6. The molecule has 0 bridgehead atoms. The van der Waals surface area contributed by atoms with Crippen LogP contribution in [0.4, 0.5) is 0 Å². The van der Waals surface area contributed by atoms with Gasteiger partial charge in [-0.15, -0.1) is 22.7 Å². The zero-order valence-electron chi connectivity index (χ0n) is 22.3. The second kappa shape index (κ2) is 11.9. The van der Waals surface area contributed by atoms with Crippen LogP contribution in [0.15, 0.2) is 8.42 Å². The molecule has 0 aromatic carbocycles. The quantitative estimate of drug-likeness (QED) is 0.299. The summed E-state index contributed by atoms with van der Waals surface area (Å²) in [5.41, 5.74) is -0.466. The van der Waals surface area contributed by atoms with Crippen molar-refractivity contribution in [2.24, 2.45) is 0 Å². The van der Waals surface area contributed by atoms with E-state index in [1.165, 1.54) is 13.8 Å². The Morgan fingerprint density at radius 3 is 1.10 bits per heavy atom. The molecule has 3 rings (SSSR count). The molecule has 18 heteroatoms. The number of hydrogen-bond donors (Lipinski definition) is 0. The van der Waals surface area contributed by atoms with Crippen molar-refractivity contribution in [3.05, 3.63) is 32.0 Å². The lowest BCUT2D eigenvalue weighted by Gasteiger charge is -2.33. The molecule has 0 spiro atoms. The molecule has 2 aromatic rings. The van der Waals surface area contributed by atoms with Crippen LogP contribution in [0.2, 0.25) is 0 Å². The summed E-state index contributed by atoms with van der Waals surface area (Å²) in [6.07, 6.45) is 0. The first-order chi connectivity index (χ1) is 18.7. The Labute approximate surface area is 238 Å². The Hall–Kier alpha value is -2.90. The number of esters is 4. The number of ether oxygens (including phenoxy) is 4. The van der Waals surface area contributed by atoms with Crippen LogP contribution in [0.25, 0.3) is 0 Å². The maximum absolute atomic E-state index is 13.6. The minimum Gasteiger partial charge on any atom is -0.465 e. The third kappa shape index (κ3) is 5.38. The molecule has 40 heavy (non-hydrogen) atoms. The van der Waals surface area contributed by atoms with E-state index in [4.69, 9.17) is 18.9 Å². The maximum Gasteiger partial charge on any atom is 0.348 e. The van der Waals surface area contributed by atoms with Gasteiger partial charge in [0, 0.05) is 26.2 Å². The van der Waals surface area contributed by atoms with Gasteiger partial charge in [-0.1, -0.05) is 0 Å². The first-order valence-corrected chi connectivity index (χ1v) is 15.8. The molecule has 3 heterocycles. The van der Waals surface area contributed by atoms with Crippen LogP contribution >= 0.6 is 22.7 Å². The van der Waals surface area contributed by atoms with E-state index in [2.05, 4.69) is 0 Å². The van der Waals surface area contributed by atoms with E-state index < -0.39 is 52.3 Å². The second-order valence-electron chi connectivity index (χ2n) is 8.21. The number of piperazine rings is 1. The van der Waals surface area contributed by atoms with Crippen LogP contribution in [-0.4, -0.2) is 104 Å². The average Bonchev–Trinajstić information content (AvgIpc) is 3.49. The Morgan fingerprint density at radius 2 is 0.850 bits per heavy atom. The predicted molar refractivity (Wildman–Crippen MR) is 141 cm³/mol. The first-order valence-electron chi connectivity index (χ1n) is 11.3. The van der Waals surface area contributed by atoms with E-state index in [-0.39, 0.29) is 58.2 Å². The molecule has 2 aromatic heterocycles. The molecule has 0 aliphatic carbocycles. The van der Waals surface area contributed by atoms with Gasteiger partial charge in [-0.2, -0.15) is 8.61 Å². The van der Waals surface area contributed by atoms with Crippen molar-refractivity contribution in [3.8, 4) is 0 Å². The van der Waals surface area contributed by atoms with Gasteiger partial charge in [-0.3, -0.25) is 0 Å². The van der Waals surface area contributed by atoms with E-state index >= 15 is 0 Å². The van der Waals surface area contributed by atoms with Crippen LogP contribution in [0.1, 0.15) is 51.2 Å². The summed E-state index contributed by atoms with van der Waals surface area (Å²) < 4.78 is 74.2. The lowest BCUT2D eigenvalue weighted by molar-refractivity contribution is 0.0582. The van der Waals surface area contributed by atoms with Crippen molar-refractivity contribution >= 4 is 66.6 Å². The van der Waals surface area contributed by atoms with Gasteiger partial charge in [0.1, 0.15) is 9.75 Å². The number of carbonyl (C=O) groups is 4. The van der Waals surface area contributed by atoms with Gasteiger partial charge in [0.2, 0.25) is 0 Å². The minimum atomic E-state index is -4.38.